The molecule has 0 saturated carbocycles. The van der Waals surface area contributed by atoms with Crippen molar-refractivity contribution in [2.24, 2.45) is 0 Å². The highest BCUT2D eigenvalue weighted by Gasteiger charge is 2.23. The van der Waals surface area contributed by atoms with Crippen molar-refractivity contribution in [3.05, 3.63) is 42.2 Å². The van der Waals surface area contributed by atoms with Crippen LogP contribution in [-0.2, 0) is 4.79 Å². The summed E-state index contributed by atoms with van der Waals surface area (Å²) in [4.78, 5) is 13.7. The van der Waals surface area contributed by atoms with E-state index in [9.17, 15) is 4.79 Å². The average molecular weight is 241 g/mol. The van der Waals surface area contributed by atoms with Crippen LogP contribution in [0.3, 0.4) is 0 Å². The van der Waals surface area contributed by atoms with Gasteiger partial charge in [-0.2, -0.15) is 0 Å². The molecule has 3 heteroatoms. The molecule has 1 fully saturated rings. The minimum Gasteiger partial charge on any atom is -0.464 e. The van der Waals surface area contributed by atoms with Gasteiger partial charge < -0.3 is 9.32 Å². The first-order valence-corrected chi connectivity index (χ1v) is 6.20. The Hall–Kier alpha value is -2.03. The van der Waals surface area contributed by atoms with Crippen LogP contribution in [0.1, 0.15) is 18.4 Å². The van der Waals surface area contributed by atoms with Crippen LogP contribution in [0.5, 0.6) is 0 Å². The molecule has 0 radical (unpaired) electrons. The van der Waals surface area contributed by atoms with Crippen LogP contribution in [0.2, 0.25) is 0 Å². The Morgan fingerprint density at radius 3 is 2.83 bits per heavy atom. The van der Waals surface area contributed by atoms with Gasteiger partial charge in [0.15, 0.2) is 0 Å². The molecule has 0 spiro atoms. The predicted octanol–water partition coefficient (Wildman–Crippen LogP) is 3.38. The summed E-state index contributed by atoms with van der Waals surface area (Å²) in [6.07, 6.45) is 3.27. The molecule has 1 saturated heterocycles. The normalized spacial score (nSPS) is 15.4. The van der Waals surface area contributed by atoms with Crippen LogP contribution in [0.25, 0.3) is 11.3 Å². The second kappa shape index (κ2) is 4.33. The predicted molar refractivity (Wildman–Crippen MR) is 70.5 cm³/mol. The summed E-state index contributed by atoms with van der Waals surface area (Å²) in [5, 5.41) is 0. The van der Waals surface area contributed by atoms with Gasteiger partial charge in [-0.1, -0.05) is 12.1 Å². The molecule has 3 nitrogen and oxygen atoms in total. The highest BCUT2D eigenvalue weighted by molar-refractivity contribution is 5.96. The van der Waals surface area contributed by atoms with Crippen molar-refractivity contribution < 1.29 is 9.21 Å². The van der Waals surface area contributed by atoms with Crippen molar-refractivity contribution in [2.75, 3.05) is 11.4 Å². The number of aryl methyl sites for hydroxylation is 1. The van der Waals surface area contributed by atoms with Gasteiger partial charge in [-0.15, -0.1) is 0 Å². The average Bonchev–Trinajstić information content (AvgIpc) is 3.01. The first kappa shape index (κ1) is 11.1. The number of nitrogens with zero attached hydrogens (tertiary/aromatic N) is 1. The molecule has 1 aliphatic heterocycles. The molecule has 2 aromatic rings. The third-order valence-electron chi connectivity index (χ3n) is 3.38. The first-order valence-electron chi connectivity index (χ1n) is 6.20. The largest absolute Gasteiger partial charge is 0.464 e. The Kier molecular flexibility index (Phi) is 2.67. The third kappa shape index (κ3) is 1.82. The van der Waals surface area contributed by atoms with Gasteiger partial charge in [0.05, 0.1) is 6.26 Å². The van der Waals surface area contributed by atoms with Crippen LogP contribution in [-0.4, -0.2) is 12.5 Å². The number of carbonyl (C=O) groups is 1. The summed E-state index contributed by atoms with van der Waals surface area (Å²) in [6, 6.07) is 9.91. The minimum absolute atomic E-state index is 0.217. The molecule has 0 N–H and O–H groups in total. The Labute approximate surface area is 106 Å². The van der Waals surface area contributed by atoms with E-state index in [4.69, 9.17) is 4.42 Å². The molecule has 0 atom stereocenters. The highest BCUT2D eigenvalue weighted by atomic mass is 16.3. The number of hydrogen-bond donors (Lipinski definition) is 0. The smallest absolute Gasteiger partial charge is 0.227 e. The van der Waals surface area contributed by atoms with E-state index in [1.54, 1.807) is 6.26 Å². The summed E-state index contributed by atoms with van der Waals surface area (Å²) in [6.45, 7) is 2.86. The summed E-state index contributed by atoms with van der Waals surface area (Å²) < 4.78 is 5.40. The van der Waals surface area contributed by atoms with Crippen molar-refractivity contribution >= 4 is 11.6 Å². The molecule has 18 heavy (non-hydrogen) atoms. The maximum Gasteiger partial charge on any atom is 0.227 e. The van der Waals surface area contributed by atoms with E-state index in [-0.39, 0.29) is 5.91 Å². The van der Waals surface area contributed by atoms with Gasteiger partial charge in [-0.3, -0.25) is 4.79 Å². The van der Waals surface area contributed by atoms with Crippen LogP contribution in [0.15, 0.2) is 41.0 Å². The van der Waals surface area contributed by atoms with Crippen molar-refractivity contribution in [1.82, 2.24) is 0 Å². The van der Waals surface area contributed by atoms with Gasteiger partial charge in [-0.25, -0.2) is 0 Å². The Morgan fingerprint density at radius 2 is 2.17 bits per heavy atom. The van der Waals surface area contributed by atoms with Crippen LogP contribution in [0, 0.1) is 6.92 Å². The lowest BCUT2D eigenvalue weighted by atomic mass is 10.1. The fourth-order valence-corrected chi connectivity index (χ4v) is 2.40. The van der Waals surface area contributed by atoms with E-state index in [1.807, 2.05) is 42.2 Å². The van der Waals surface area contributed by atoms with Gasteiger partial charge in [0.25, 0.3) is 0 Å². The van der Waals surface area contributed by atoms with E-state index in [0.29, 0.717) is 6.42 Å². The SMILES string of the molecule is Cc1ccc(-c2ccco2)cc1N1CCCC1=O. The third-order valence-corrected chi connectivity index (χ3v) is 3.38. The van der Waals surface area contributed by atoms with E-state index in [0.717, 1.165) is 35.5 Å². The Bertz CT molecular complexity index is 572. The van der Waals surface area contributed by atoms with E-state index in [1.165, 1.54) is 0 Å². The fourth-order valence-electron chi connectivity index (χ4n) is 2.40. The molecule has 92 valence electrons. The first-order chi connectivity index (χ1) is 8.75. The maximum atomic E-state index is 11.8. The number of carbonyl (C=O) groups excluding carboxylic acids is 1. The topological polar surface area (TPSA) is 33.5 Å². The van der Waals surface area contributed by atoms with Crippen molar-refractivity contribution in [1.29, 1.82) is 0 Å². The molecule has 0 bridgehead atoms. The highest BCUT2D eigenvalue weighted by Crippen LogP contribution is 2.30. The lowest BCUT2D eigenvalue weighted by molar-refractivity contribution is -0.117. The molecular formula is C15H15NO2. The molecular weight excluding hydrogens is 226 g/mol. The monoisotopic (exact) mass is 241 g/mol. The van der Waals surface area contributed by atoms with Gasteiger partial charge in [0.2, 0.25) is 5.91 Å². The quantitative estimate of drug-likeness (QED) is 0.807. The lowest BCUT2D eigenvalue weighted by Gasteiger charge is -2.19. The molecule has 1 amide bonds. The van der Waals surface area contributed by atoms with Gasteiger partial charge in [-0.05, 0) is 37.1 Å². The van der Waals surface area contributed by atoms with E-state index in [2.05, 4.69) is 0 Å². The molecule has 1 aromatic carbocycles. The van der Waals surface area contributed by atoms with Crippen molar-refractivity contribution in [2.45, 2.75) is 19.8 Å². The number of amides is 1. The molecule has 0 unspecified atom stereocenters. The van der Waals surface area contributed by atoms with Crippen LogP contribution < -0.4 is 4.90 Å². The Morgan fingerprint density at radius 1 is 1.28 bits per heavy atom. The number of benzene rings is 1. The van der Waals surface area contributed by atoms with Gasteiger partial charge >= 0.3 is 0 Å². The molecule has 0 aliphatic carbocycles. The number of furan rings is 1. The van der Waals surface area contributed by atoms with Gasteiger partial charge in [0, 0.05) is 24.2 Å². The summed E-state index contributed by atoms with van der Waals surface area (Å²) in [5.74, 6) is 1.05. The second-order valence-electron chi connectivity index (χ2n) is 4.63. The number of hydrogen-bond acceptors (Lipinski definition) is 2. The van der Waals surface area contributed by atoms with E-state index >= 15 is 0 Å². The fraction of sp³-hybridized carbons (Fsp3) is 0.267. The summed E-state index contributed by atoms with van der Waals surface area (Å²) in [5.41, 5.74) is 3.15. The molecule has 1 aliphatic rings. The number of rotatable bonds is 2. The zero-order valence-electron chi connectivity index (χ0n) is 10.3. The Balaban J connectivity index is 2.04. The zero-order chi connectivity index (χ0) is 12.5. The zero-order valence-corrected chi connectivity index (χ0v) is 10.3. The van der Waals surface area contributed by atoms with Crippen LogP contribution in [0.4, 0.5) is 5.69 Å². The maximum absolute atomic E-state index is 11.8. The molecule has 2 heterocycles. The standard InChI is InChI=1S/C15H15NO2/c1-11-6-7-12(14-4-3-9-18-14)10-13(11)16-8-2-5-15(16)17/h3-4,6-7,9-10H,2,5,8H2,1H3. The molecule has 3 rings (SSSR count). The van der Waals surface area contributed by atoms with Crippen molar-refractivity contribution in [3.8, 4) is 11.3 Å². The van der Waals surface area contributed by atoms with E-state index < -0.39 is 0 Å². The minimum atomic E-state index is 0.217. The summed E-state index contributed by atoms with van der Waals surface area (Å²) >= 11 is 0. The summed E-state index contributed by atoms with van der Waals surface area (Å²) in [7, 11) is 0. The second-order valence-corrected chi connectivity index (χ2v) is 4.63. The molecule has 1 aromatic heterocycles. The van der Waals surface area contributed by atoms with Crippen molar-refractivity contribution in [3.63, 3.8) is 0 Å². The van der Waals surface area contributed by atoms with Crippen LogP contribution >= 0.6 is 0 Å². The lowest BCUT2D eigenvalue weighted by Crippen LogP contribution is -2.24. The number of anilines is 1. The van der Waals surface area contributed by atoms with Gasteiger partial charge in [0.1, 0.15) is 5.76 Å².